The molecule has 2 aromatic carbocycles. The Morgan fingerprint density at radius 2 is 1.07 bits per heavy atom. The van der Waals surface area contributed by atoms with E-state index in [9.17, 15) is 19.8 Å². The number of rotatable bonds is 22. The lowest BCUT2D eigenvalue weighted by atomic mass is 10.1. The van der Waals surface area contributed by atoms with E-state index in [0.29, 0.717) is 69.8 Å². The van der Waals surface area contributed by atoms with Gasteiger partial charge in [-0.3, -0.25) is 9.59 Å². The molecule has 2 aromatic rings. The van der Waals surface area contributed by atoms with E-state index in [4.69, 9.17) is 9.47 Å². The van der Waals surface area contributed by atoms with Crippen molar-refractivity contribution in [3.63, 3.8) is 0 Å². The van der Waals surface area contributed by atoms with Crippen molar-refractivity contribution in [1.29, 1.82) is 0 Å². The number of aryl methyl sites for hydroxylation is 2. The molecule has 0 aliphatic rings. The van der Waals surface area contributed by atoms with Crippen LogP contribution in [0, 0.1) is 0 Å². The van der Waals surface area contributed by atoms with Crippen LogP contribution in [0.15, 0.2) is 48.5 Å². The van der Waals surface area contributed by atoms with Crippen LogP contribution in [-0.2, 0) is 22.4 Å². The summed E-state index contributed by atoms with van der Waals surface area (Å²) in [5.41, 5.74) is 1.83. The lowest BCUT2D eigenvalue weighted by molar-refractivity contribution is -0.121. The largest absolute Gasteiger partial charge is 0.491 e. The fraction of sp³-hybridized carbons (Fsp3) is 0.576. The van der Waals surface area contributed by atoms with Gasteiger partial charge in [-0.05, 0) is 42.5 Å². The lowest BCUT2D eigenvalue weighted by Gasteiger charge is -2.17. The van der Waals surface area contributed by atoms with Gasteiger partial charge in [-0.2, -0.15) is 0 Å². The van der Waals surface area contributed by atoms with Gasteiger partial charge in [0, 0.05) is 51.1 Å². The molecule has 0 saturated carbocycles. The van der Waals surface area contributed by atoms with Gasteiger partial charge < -0.3 is 41.0 Å². The van der Waals surface area contributed by atoms with Crippen LogP contribution in [0.1, 0.15) is 58.1 Å². The van der Waals surface area contributed by atoms with Crippen molar-refractivity contribution >= 4 is 11.8 Å². The van der Waals surface area contributed by atoms with E-state index < -0.39 is 12.2 Å². The summed E-state index contributed by atoms with van der Waals surface area (Å²) in [6, 6.07) is 15.7. The van der Waals surface area contributed by atoms with Crippen molar-refractivity contribution in [3.05, 3.63) is 59.7 Å². The zero-order valence-corrected chi connectivity index (χ0v) is 26.2. The molecule has 2 atom stereocenters. The maximum atomic E-state index is 12.4. The molecule has 0 fully saturated rings. The molecule has 2 rings (SSSR count). The maximum Gasteiger partial charge on any atom is 0.220 e. The van der Waals surface area contributed by atoms with Crippen molar-refractivity contribution in [2.75, 3.05) is 39.4 Å². The Hall–Kier alpha value is -3.18. The first-order valence-corrected chi connectivity index (χ1v) is 15.4. The number of para-hydroxylation sites is 2. The van der Waals surface area contributed by atoms with Crippen molar-refractivity contribution in [2.24, 2.45) is 0 Å². The Morgan fingerprint density at radius 3 is 1.47 bits per heavy atom. The van der Waals surface area contributed by atoms with E-state index in [1.165, 1.54) is 0 Å². The van der Waals surface area contributed by atoms with Gasteiger partial charge in [0.15, 0.2) is 0 Å². The average Bonchev–Trinajstić information content (AvgIpc) is 2.99. The minimum atomic E-state index is -0.619. The number of hydrogen-bond acceptors (Lipinski definition) is 8. The number of carbonyl (C=O) groups is 2. The van der Waals surface area contributed by atoms with Gasteiger partial charge in [0.05, 0.1) is 0 Å². The molecule has 0 saturated heterocycles. The minimum absolute atomic E-state index is 0.0657. The molecule has 0 spiro atoms. The van der Waals surface area contributed by atoms with Crippen molar-refractivity contribution in [2.45, 2.75) is 84.1 Å². The Kier molecular flexibility index (Phi) is 17.3. The van der Waals surface area contributed by atoms with Crippen molar-refractivity contribution < 1.29 is 29.3 Å². The van der Waals surface area contributed by atoms with Gasteiger partial charge in [0.1, 0.15) is 36.9 Å². The molecule has 240 valence electrons. The van der Waals surface area contributed by atoms with Gasteiger partial charge in [-0.15, -0.1) is 0 Å². The summed E-state index contributed by atoms with van der Waals surface area (Å²) in [6.45, 7) is 10.3. The summed E-state index contributed by atoms with van der Waals surface area (Å²) in [6.07, 6.45) is 1.07. The smallest absolute Gasteiger partial charge is 0.220 e. The van der Waals surface area contributed by atoms with Crippen molar-refractivity contribution in [1.82, 2.24) is 21.3 Å². The highest BCUT2D eigenvalue weighted by molar-refractivity contribution is 5.77. The second-order valence-corrected chi connectivity index (χ2v) is 11.3. The molecule has 0 unspecified atom stereocenters. The van der Waals surface area contributed by atoms with Crippen LogP contribution < -0.4 is 30.7 Å². The van der Waals surface area contributed by atoms with E-state index in [-0.39, 0.29) is 37.1 Å². The van der Waals surface area contributed by atoms with Crippen LogP contribution in [-0.4, -0.2) is 85.7 Å². The molecule has 10 heteroatoms. The third-order valence-corrected chi connectivity index (χ3v) is 6.57. The molecule has 10 nitrogen and oxygen atoms in total. The summed E-state index contributed by atoms with van der Waals surface area (Å²) in [5.74, 6) is 1.22. The molecule has 43 heavy (non-hydrogen) atoms. The van der Waals surface area contributed by atoms with Crippen molar-refractivity contribution in [3.8, 4) is 11.5 Å². The topological polar surface area (TPSA) is 141 Å². The zero-order chi connectivity index (χ0) is 31.5. The van der Waals surface area contributed by atoms with Gasteiger partial charge in [-0.1, -0.05) is 64.1 Å². The van der Waals surface area contributed by atoms with E-state index in [1.807, 2.05) is 76.2 Å². The SMILES string of the molecule is CC(C)NC[C@H](O)COc1ccccc1CCC(=O)NCCCNC(=O)CCc1ccccc1OC[C@@H](O)CNC(C)C. The Balaban J connectivity index is 1.62. The number of aliphatic hydroxyl groups excluding tert-OH is 2. The van der Waals surface area contributed by atoms with E-state index in [1.54, 1.807) is 0 Å². The fourth-order valence-electron chi connectivity index (χ4n) is 4.15. The summed E-state index contributed by atoms with van der Waals surface area (Å²) >= 11 is 0. The highest BCUT2D eigenvalue weighted by Gasteiger charge is 2.12. The molecule has 6 N–H and O–H groups in total. The number of hydrogen-bond donors (Lipinski definition) is 6. The van der Waals surface area contributed by atoms with Crippen LogP contribution in [0.5, 0.6) is 11.5 Å². The predicted octanol–water partition coefficient (Wildman–Crippen LogP) is 2.35. The first-order valence-electron chi connectivity index (χ1n) is 15.4. The van der Waals surface area contributed by atoms with Gasteiger partial charge in [0.25, 0.3) is 0 Å². The van der Waals surface area contributed by atoms with E-state index >= 15 is 0 Å². The Morgan fingerprint density at radius 1 is 0.674 bits per heavy atom. The summed E-state index contributed by atoms with van der Waals surface area (Å²) in [7, 11) is 0. The van der Waals surface area contributed by atoms with Gasteiger partial charge in [-0.25, -0.2) is 0 Å². The normalized spacial score (nSPS) is 12.7. The number of benzene rings is 2. The summed E-state index contributed by atoms with van der Waals surface area (Å²) < 4.78 is 11.6. The Bertz CT molecular complexity index is 997. The highest BCUT2D eigenvalue weighted by Crippen LogP contribution is 2.21. The first-order chi connectivity index (χ1) is 20.6. The van der Waals surface area contributed by atoms with Crippen LogP contribution in [0.2, 0.25) is 0 Å². The number of carbonyl (C=O) groups excluding carboxylic acids is 2. The molecule has 2 amide bonds. The van der Waals surface area contributed by atoms with Crippen LogP contribution in [0.4, 0.5) is 0 Å². The molecule has 0 heterocycles. The molecular weight excluding hydrogens is 548 g/mol. The number of amides is 2. The molecule has 0 aliphatic heterocycles. The quantitative estimate of drug-likeness (QED) is 0.113. The van der Waals surface area contributed by atoms with Crippen LogP contribution >= 0.6 is 0 Å². The zero-order valence-electron chi connectivity index (χ0n) is 26.2. The fourth-order valence-corrected chi connectivity index (χ4v) is 4.15. The second kappa shape index (κ2) is 20.7. The van der Waals surface area contributed by atoms with E-state index in [2.05, 4.69) is 21.3 Å². The lowest BCUT2D eigenvalue weighted by Crippen LogP contribution is -2.35. The minimum Gasteiger partial charge on any atom is -0.491 e. The molecule has 0 radical (unpaired) electrons. The second-order valence-electron chi connectivity index (χ2n) is 11.3. The molecule has 0 aliphatic carbocycles. The maximum absolute atomic E-state index is 12.4. The number of nitrogens with one attached hydrogen (secondary N) is 4. The Labute approximate surface area is 256 Å². The number of aliphatic hydroxyl groups is 2. The molecule has 0 aromatic heterocycles. The highest BCUT2D eigenvalue weighted by atomic mass is 16.5. The monoisotopic (exact) mass is 600 g/mol. The molecular formula is C33H52N4O6. The first kappa shape index (κ1) is 36.0. The summed E-state index contributed by atoms with van der Waals surface area (Å²) in [4.78, 5) is 24.7. The molecule has 0 bridgehead atoms. The standard InChI is InChI=1S/C33H52N4O6/c1-24(2)36-20-28(38)22-42-30-12-7-5-10-26(30)14-16-32(40)34-18-9-19-35-33(41)17-15-27-11-6-8-13-31(27)43-23-29(39)21-37-25(3)4/h5-8,10-13,24-25,28-29,36-39H,9,14-23H2,1-4H3,(H,34,40)(H,35,41)/t28-,29-/m0/s1. The van der Waals surface area contributed by atoms with Crippen LogP contribution in [0.3, 0.4) is 0 Å². The van der Waals surface area contributed by atoms with Gasteiger partial charge in [0.2, 0.25) is 11.8 Å². The average molecular weight is 601 g/mol. The van der Waals surface area contributed by atoms with Crippen LogP contribution in [0.25, 0.3) is 0 Å². The third kappa shape index (κ3) is 16.3. The predicted molar refractivity (Wildman–Crippen MR) is 169 cm³/mol. The van der Waals surface area contributed by atoms with Gasteiger partial charge >= 0.3 is 0 Å². The van der Waals surface area contributed by atoms with E-state index in [0.717, 1.165) is 11.1 Å². The third-order valence-electron chi connectivity index (χ3n) is 6.57. The summed E-state index contributed by atoms with van der Waals surface area (Å²) in [5, 5.41) is 32.4. The number of ether oxygens (including phenoxy) is 2.